The Hall–Kier alpha value is -1.87. The molecule has 0 fully saturated rings. The maximum absolute atomic E-state index is 11.6. The average Bonchev–Trinajstić information content (AvgIpc) is 2.54. The summed E-state index contributed by atoms with van der Waals surface area (Å²) in [6.45, 7) is 1.35. The number of alkyl halides is 1. The van der Waals surface area contributed by atoms with Crippen molar-refractivity contribution < 1.29 is 4.79 Å². The second kappa shape index (κ2) is 5.63. The Labute approximate surface area is 122 Å². The highest BCUT2D eigenvalue weighted by Gasteiger charge is 2.18. The monoisotopic (exact) mass is 286 g/mol. The molecule has 1 amide bonds. The van der Waals surface area contributed by atoms with Gasteiger partial charge in [-0.1, -0.05) is 30.3 Å². The lowest BCUT2D eigenvalue weighted by atomic mass is 9.97. The first-order chi connectivity index (χ1) is 9.79. The molecule has 20 heavy (non-hydrogen) atoms. The highest BCUT2D eigenvalue weighted by atomic mass is 35.5. The van der Waals surface area contributed by atoms with Gasteiger partial charge in [0.05, 0.1) is 5.52 Å². The molecule has 0 saturated heterocycles. The molecule has 0 bridgehead atoms. The Morgan fingerprint density at radius 2 is 2.15 bits per heavy atom. The second-order valence-electron chi connectivity index (χ2n) is 4.83. The molecule has 0 saturated carbocycles. The van der Waals surface area contributed by atoms with Crippen molar-refractivity contribution in [3.63, 3.8) is 0 Å². The van der Waals surface area contributed by atoms with E-state index in [2.05, 4.69) is 35.3 Å². The highest BCUT2D eigenvalue weighted by Crippen LogP contribution is 2.27. The van der Waals surface area contributed by atoms with Crippen LogP contribution in [-0.2, 0) is 4.79 Å². The topological polar surface area (TPSA) is 33.2 Å². The lowest BCUT2D eigenvalue weighted by molar-refractivity contribution is -0.128. The number of aromatic nitrogens is 1. The van der Waals surface area contributed by atoms with E-state index >= 15 is 0 Å². The molecule has 1 aliphatic heterocycles. The van der Waals surface area contributed by atoms with Crippen LogP contribution in [-0.4, -0.2) is 34.8 Å². The Kier molecular flexibility index (Phi) is 3.70. The predicted octanol–water partition coefficient (Wildman–Crippen LogP) is 3.09. The summed E-state index contributed by atoms with van der Waals surface area (Å²) in [6.07, 6.45) is 4.77. The number of hydrogen-bond donors (Lipinski definition) is 0. The third kappa shape index (κ3) is 2.41. The molecule has 0 N–H and O–H groups in total. The molecule has 102 valence electrons. The Morgan fingerprint density at radius 1 is 1.30 bits per heavy atom. The van der Waals surface area contributed by atoms with Gasteiger partial charge in [0.25, 0.3) is 0 Å². The van der Waals surface area contributed by atoms with E-state index in [9.17, 15) is 4.79 Å². The molecule has 2 aromatic rings. The molecule has 2 heterocycles. The van der Waals surface area contributed by atoms with Gasteiger partial charge in [-0.3, -0.25) is 9.78 Å². The summed E-state index contributed by atoms with van der Waals surface area (Å²) in [5, 5.41) is 1.14. The van der Waals surface area contributed by atoms with Gasteiger partial charge >= 0.3 is 0 Å². The van der Waals surface area contributed by atoms with Crippen LogP contribution in [0.5, 0.6) is 0 Å². The maximum Gasteiger partial charge on any atom is 0.237 e. The summed E-state index contributed by atoms with van der Waals surface area (Å²) in [7, 11) is 0. The molecule has 4 heteroatoms. The van der Waals surface area contributed by atoms with E-state index in [1.807, 2.05) is 12.3 Å². The summed E-state index contributed by atoms with van der Waals surface area (Å²) in [5.74, 6) is 0.0527. The van der Waals surface area contributed by atoms with Crippen molar-refractivity contribution in [2.24, 2.45) is 0 Å². The minimum absolute atomic E-state index is 0.00184. The zero-order valence-electron chi connectivity index (χ0n) is 11.1. The average molecular weight is 287 g/mol. The Morgan fingerprint density at radius 3 is 2.90 bits per heavy atom. The van der Waals surface area contributed by atoms with Crippen LogP contribution in [0.1, 0.15) is 12.0 Å². The van der Waals surface area contributed by atoms with E-state index in [4.69, 9.17) is 11.6 Å². The molecule has 3 nitrogen and oxygen atoms in total. The van der Waals surface area contributed by atoms with Crippen molar-refractivity contribution in [2.75, 3.05) is 19.0 Å². The lowest BCUT2D eigenvalue weighted by Crippen LogP contribution is -2.35. The van der Waals surface area contributed by atoms with Crippen LogP contribution >= 0.6 is 11.6 Å². The lowest BCUT2D eigenvalue weighted by Gasteiger charge is -2.26. The van der Waals surface area contributed by atoms with Crippen LogP contribution in [0.3, 0.4) is 0 Å². The highest BCUT2D eigenvalue weighted by molar-refractivity contribution is 6.27. The van der Waals surface area contributed by atoms with E-state index in [0.29, 0.717) is 6.54 Å². The molecule has 1 aromatic heterocycles. The summed E-state index contributed by atoms with van der Waals surface area (Å²) in [4.78, 5) is 17.8. The number of hydrogen-bond acceptors (Lipinski definition) is 2. The van der Waals surface area contributed by atoms with Gasteiger partial charge in [0.15, 0.2) is 0 Å². The van der Waals surface area contributed by atoms with E-state index in [-0.39, 0.29) is 11.8 Å². The van der Waals surface area contributed by atoms with Crippen molar-refractivity contribution in [1.29, 1.82) is 0 Å². The van der Waals surface area contributed by atoms with Crippen LogP contribution in [0, 0.1) is 0 Å². The third-order valence-electron chi connectivity index (χ3n) is 3.65. The fourth-order valence-electron chi connectivity index (χ4n) is 2.59. The molecule has 0 aliphatic carbocycles. The van der Waals surface area contributed by atoms with Crippen molar-refractivity contribution in [1.82, 2.24) is 9.88 Å². The van der Waals surface area contributed by atoms with Crippen molar-refractivity contribution in [2.45, 2.75) is 6.42 Å². The molecule has 0 spiro atoms. The molecule has 1 aliphatic rings. The number of amides is 1. The van der Waals surface area contributed by atoms with E-state index < -0.39 is 0 Å². The van der Waals surface area contributed by atoms with Crippen LogP contribution < -0.4 is 0 Å². The number of halogens is 1. The number of carbonyl (C=O) groups excluding carboxylic acids is 1. The normalized spacial score (nSPS) is 15.2. The minimum atomic E-state index is -0.00184. The molecule has 0 radical (unpaired) electrons. The largest absolute Gasteiger partial charge is 0.338 e. The maximum atomic E-state index is 11.6. The van der Waals surface area contributed by atoms with E-state index in [0.717, 1.165) is 23.9 Å². The van der Waals surface area contributed by atoms with Gasteiger partial charge in [-0.05, 0) is 18.1 Å². The quantitative estimate of drug-likeness (QED) is 0.795. The Balaban J connectivity index is 1.93. The molecular formula is C16H15ClN2O. The van der Waals surface area contributed by atoms with Gasteiger partial charge in [-0.2, -0.15) is 0 Å². The van der Waals surface area contributed by atoms with Gasteiger partial charge in [-0.25, -0.2) is 0 Å². The second-order valence-corrected chi connectivity index (χ2v) is 5.10. The smallest absolute Gasteiger partial charge is 0.237 e. The summed E-state index contributed by atoms with van der Waals surface area (Å²) >= 11 is 5.59. The van der Waals surface area contributed by atoms with Gasteiger partial charge in [-0.15, -0.1) is 11.6 Å². The van der Waals surface area contributed by atoms with E-state index in [1.54, 1.807) is 4.90 Å². The standard InChI is InChI=1S/C16H15ClN2O/c17-11-15(20)19-9-6-12(7-10-19)14-5-1-3-13-4-2-8-18-16(13)14/h1-6,8H,7,9-11H2. The number of rotatable bonds is 2. The molecule has 0 unspecified atom stereocenters. The molecular weight excluding hydrogens is 272 g/mol. The third-order valence-corrected chi connectivity index (χ3v) is 3.88. The fraction of sp³-hybridized carbons (Fsp3) is 0.250. The number of para-hydroxylation sites is 1. The van der Waals surface area contributed by atoms with Crippen LogP contribution in [0.15, 0.2) is 42.6 Å². The van der Waals surface area contributed by atoms with Crippen molar-refractivity contribution >= 4 is 34.0 Å². The van der Waals surface area contributed by atoms with Gasteiger partial charge < -0.3 is 4.90 Å². The number of carbonyl (C=O) groups is 1. The fourth-order valence-corrected chi connectivity index (χ4v) is 2.76. The number of benzene rings is 1. The summed E-state index contributed by atoms with van der Waals surface area (Å²) in [6, 6.07) is 10.2. The zero-order valence-corrected chi connectivity index (χ0v) is 11.8. The summed E-state index contributed by atoms with van der Waals surface area (Å²) < 4.78 is 0. The van der Waals surface area contributed by atoms with Gasteiger partial charge in [0.2, 0.25) is 5.91 Å². The Bertz CT molecular complexity index is 676. The first-order valence-electron chi connectivity index (χ1n) is 6.66. The number of pyridine rings is 1. The molecule has 0 atom stereocenters. The van der Waals surface area contributed by atoms with Crippen LogP contribution in [0.2, 0.25) is 0 Å². The van der Waals surface area contributed by atoms with Gasteiger partial charge in [0.1, 0.15) is 5.88 Å². The van der Waals surface area contributed by atoms with Crippen LogP contribution in [0.4, 0.5) is 0 Å². The van der Waals surface area contributed by atoms with Crippen molar-refractivity contribution in [3.8, 4) is 0 Å². The van der Waals surface area contributed by atoms with Crippen LogP contribution in [0.25, 0.3) is 16.5 Å². The first kappa shape index (κ1) is 13.1. The predicted molar refractivity (Wildman–Crippen MR) is 81.6 cm³/mol. The number of fused-ring (bicyclic) bond motifs is 1. The van der Waals surface area contributed by atoms with Gasteiger partial charge in [0, 0.05) is 30.2 Å². The summed E-state index contributed by atoms with van der Waals surface area (Å²) in [5.41, 5.74) is 3.45. The molecule has 1 aromatic carbocycles. The first-order valence-corrected chi connectivity index (χ1v) is 7.20. The zero-order chi connectivity index (χ0) is 13.9. The molecule has 3 rings (SSSR count). The van der Waals surface area contributed by atoms with Crippen molar-refractivity contribution in [3.05, 3.63) is 48.2 Å². The number of nitrogens with zero attached hydrogens (tertiary/aromatic N) is 2. The minimum Gasteiger partial charge on any atom is -0.338 e. The SMILES string of the molecule is O=C(CCl)N1CC=C(c2cccc3cccnc23)CC1. The van der Waals surface area contributed by atoms with E-state index in [1.165, 1.54) is 11.1 Å².